The van der Waals surface area contributed by atoms with Crippen LogP contribution in [0.1, 0.15) is 284 Å². The van der Waals surface area contributed by atoms with E-state index < -0.39 is 13.9 Å². The molecular formula is C53H106NO7P. The minimum absolute atomic E-state index is 0.0914. The largest absolute Gasteiger partial charge is 0.472 e. The fourth-order valence-corrected chi connectivity index (χ4v) is 8.94. The Morgan fingerprint density at radius 2 is 0.806 bits per heavy atom. The van der Waals surface area contributed by atoms with Gasteiger partial charge in [0.15, 0.2) is 0 Å². The van der Waals surface area contributed by atoms with Crippen molar-refractivity contribution in [3.05, 3.63) is 12.2 Å². The molecule has 0 aliphatic rings. The monoisotopic (exact) mass is 900 g/mol. The summed E-state index contributed by atoms with van der Waals surface area (Å²) >= 11 is 0. The van der Waals surface area contributed by atoms with Crippen LogP contribution < -0.4 is 5.73 Å². The summed E-state index contributed by atoms with van der Waals surface area (Å²) in [6.07, 6.45) is 58.3. The molecule has 0 rings (SSSR count). The van der Waals surface area contributed by atoms with E-state index in [1.807, 2.05) is 0 Å². The maximum Gasteiger partial charge on any atom is 0.472 e. The van der Waals surface area contributed by atoms with Crippen molar-refractivity contribution >= 4 is 13.8 Å². The number of carbonyl (C=O) groups excluding carboxylic acids is 1. The summed E-state index contributed by atoms with van der Waals surface area (Å²) < 4.78 is 33.6. The van der Waals surface area contributed by atoms with Gasteiger partial charge >= 0.3 is 13.8 Å². The molecule has 370 valence electrons. The molecule has 2 unspecified atom stereocenters. The Kier molecular flexibility index (Phi) is 50.6. The number of nitrogens with two attached hydrogens (primary N) is 1. The molecule has 0 saturated heterocycles. The van der Waals surface area contributed by atoms with Crippen LogP contribution in [0, 0.1) is 0 Å². The maximum atomic E-state index is 12.7. The van der Waals surface area contributed by atoms with Crippen molar-refractivity contribution < 1.29 is 32.8 Å². The van der Waals surface area contributed by atoms with Crippen LogP contribution in [0.2, 0.25) is 0 Å². The van der Waals surface area contributed by atoms with Crippen molar-refractivity contribution in [2.24, 2.45) is 5.73 Å². The zero-order valence-electron chi connectivity index (χ0n) is 41.4. The van der Waals surface area contributed by atoms with Gasteiger partial charge in [-0.25, -0.2) is 4.57 Å². The van der Waals surface area contributed by atoms with Crippen LogP contribution in [0.15, 0.2) is 12.2 Å². The van der Waals surface area contributed by atoms with Crippen molar-refractivity contribution in [3.8, 4) is 0 Å². The number of hydrogen-bond acceptors (Lipinski definition) is 7. The topological polar surface area (TPSA) is 117 Å². The van der Waals surface area contributed by atoms with E-state index in [-0.39, 0.29) is 32.3 Å². The first-order valence-electron chi connectivity index (χ1n) is 27.2. The standard InChI is InChI=1S/C53H106NO7P/c1-3-5-7-9-11-13-15-17-19-21-23-24-25-26-27-29-31-33-35-37-39-41-43-45-48-58-50-52(51-60-62(56,57)59-49-47-54)61-53(55)46-44-42-40-38-36-34-32-30-28-22-20-18-16-14-12-10-8-6-4-2/h21,23,52H,3-20,22,24-51,54H2,1-2H3,(H,56,57)/b23-21-. The van der Waals surface area contributed by atoms with Crippen LogP contribution in [0.3, 0.4) is 0 Å². The molecule has 9 heteroatoms. The number of ether oxygens (including phenoxy) is 2. The predicted octanol–water partition coefficient (Wildman–Crippen LogP) is 17.0. The van der Waals surface area contributed by atoms with Crippen molar-refractivity contribution in [1.29, 1.82) is 0 Å². The Morgan fingerprint density at radius 1 is 0.468 bits per heavy atom. The Labute approximate surface area is 385 Å². The third kappa shape index (κ3) is 50.2. The molecule has 8 nitrogen and oxygen atoms in total. The van der Waals surface area contributed by atoms with Crippen LogP contribution in [0.5, 0.6) is 0 Å². The maximum absolute atomic E-state index is 12.7. The van der Waals surface area contributed by atoms with Gasteiger partial charge in [0, 0.05) is 19.6 Å². The normalized spacial score (nSPS) is 13.3. The highest BCUT2D eigenvalue weighted by Crippen LogP contribution is 2.43. The summed E-state index contributed by atoms with van der Waals surface area (Å²) in [5.41, 5.74) is 5.40. The average Bonchev–Trinajstić information content (AvgIpc) is 3.26. The first-order valence-corrected chi connectivity index (χ1v) is 28.7. The van der Waals surface area contributed by atoms with Crippen LogP contribution in [-0.2, 0) is 27.9 Å². The zero-order valence-corrected chi connectivity index (χ0v) is 42.3. The van der Waals surface area contributed by atoms with Gasteiger partial charge in [-0.05, 0) is 38.5 Å². The lowest BCUT2D eigenvalue weighted by atomic mass is 10.0. The summed E-state index contributed by atoms with van der Waals surface area (Å²) in [5, 5.41) is 0. The van der Waals surface area contributed by atoms with Crippen LogP contribution in [-0.4, -0.2) is 49.9 Å². The molecule has 0 aliphatic heterocycles. The Bertz CT molecular complexity index is 966. The van der Waals surface area contributed by atoms with Crippen molar-refractivity contribution in [2.45, 2.75) is 290 Å². The molecule has 2 atom stereocenters. The number of allylic oxidation sites excluding steroid dienone is 2. The highest BCUT2D eigenvalue weighted by atomic mass is 31.2. The van der Waals surface area contributed by atoms with Crippen molar-refractivity contribution in [2.75, 3.05) is 33.0 Å². The Morgan fingerprint density at radius 3 is 1.18 bits per heavy atom. The quantitative estimate of drug-likeness (QED) is 0.0268. The smallest absolute Gasteiger partial charge is 0.457 e. The summed E-state index contributed by atoms with van der Waals surface area (Å²) in [4.78, 5) is 22.6. The van der Waals surface area contributed by atoms with E-state index in [0.29, 0.717) is 13.0 Å². The molecule has 0 aromatic heterocycles. The fraction of sp³-hybridized carbons (Fsp3) is 0.943. The molecule has 0 fully saturated rings. The summed E-state index contributed by atoms with van der Waals surface area (Å²) in [6.45, 7) is 5.00. The van der Waals surface area contributed by atoms with E-state index in [2.05, 4.69) is 26.0 Å². The average molecular weight is 900 g/mol. The third-order valence-corrected chi connectivity index (χ3v) is 13.2. The second-order valence-electron chi connectivity index (χ2n) is 18.5. The number of carbonyl (C=O) groups is 1. The number of unbranched alkanes of at least 4 members (excludes halogenated alkanes) is 38. The Hall–Kier alpha value is -0.760. The van der Waals surface area contributed by atoms with Crippen molar-refractivity contribution in [1.82, 2.24) is 0 Å². The second-order valence-corrected chi connectivity index (χ2v) is 19.9. The fourth-order valence-electron chi connectivity index (χ4n) is 8.17. The van der Waals surface area contributed by atoms with Gasteiger partial charge in [0.1, 0.15) is 6.10 Å². The van der Waals surface area contributed by atoms with E-state index >= 15 is 0 Å². The molecule has 0 aliphatic carbocycles. The number of rotatable bonds is 53. The van der Waals surface area contributed by atoms with E-state index in [0.717, 1.165) is 32.1 Å². The highest BCUT2D eigenvalue weighted by molar-refractivity contribution is 7.47. The first kappa shape index (κ1) is 61.2. The molecule has 0 bridgehead atoms. The predicted molar refractivity (Wildman–Crippen MR) is 266 cm³/mol. The minimum Gasteiger partial charge on any atom is -0.457 e. The number of phosphoric acid groups is 1. The minimum atomic E-state index is -4.28. The second kappa shape index (κ2) is 51.2. The lowest BCUT2D eigenvalue weighted by molar-refractivity contribution is -0.154. The molecule has 0 aromatic carbocycles. The summed E-state index contributed by atoms with van der Waals surface area (Å²) in [7, 11) is -4.28. The first-order chi connectivity index (χ1) is 30.4. The molecule has 0 saturated carbocycles. The molecular weight excluding hydrogens is 794 g/mol. The molecule has 0 aromatic rings. The highest BCUT2D eigenvalue weighted by Gasteiger charge is 2.25. The van der Waals surface area contributed by atoms with E-state index in [1.165, 1.54) is 231 Å². The lowest BCUT2D eigenvalue weighted by Crippen LogP contribution is -2.28. The van der Waals surface area contributed by atoms with Gasteiger partial charge in [-0.15, -0.1) is 0 Å². The van der Waals surface area contributed by atoms with Gasteiger partial charge in [-0.3, -0.25) is 13.8 Å². The number of esters is 1. The summed E-state index contributed by atoms with van der Waals surface area (Å²) in [5.74, 6) is -0.322. The van der Waals surface area contributed by atoms with E-state index in [9.17, 15) is 14.3 Å². The molecule has 0 amide bonds. The zero-order chi connectivity index (χ0) is 45.1. The van der Waals surface area contributed by atoms with Gasteiger partial charge < -0.3 is 20.1 Å². The van der Waals surface area contributed by atoms with Gasteiger partial charge in [0.2, 0.25) is 0 Å². The van der Waals surface area contributed by atoms with Crippen molar-refractivity contribution in [3.63, 3.8) is 0 Å². The molecule has 0 heterocycles. The van der Waals surface area contributed by atoms with Crippen LogP contribution in [0.4, 0.5) is 0 Å². The van der Waals surface area contributed by atoms with Crippen LogP contribution in [0.25, 0.3) is 0 Å². The Balaban J connectivity index is 3.86. The number of hydrogen-bond donors (Lipinski definition) is 2. The molecule has 0 radical (unpaired) electrons. The van der Waals surface area contributed by atoms with Gasteiger partial charge in [0.05, 0.1) is 19.8 Å². The van der Waals surface area contributed by atoms with Gasteiger partial charge in [0.25, 0.3) is 0 Å². The van der Waals surface area contributed by atoms with Crippen LogP contribution >= 0.6 is 7.82 Å². The van der Waals surface area contributed by atoms with Gasteiger partial charge in [-0.2, -0.15) is 0 Å². The SMILES string of the molecule is CCCCCCCCCC/C=C\CCCCCCCCCCCCCCOCC(COP(=O)(O)OCCN)OC(=O)CCCCCCCCCCCCCCCCCCCCC. The molecule has 62 heavy (non-hydrogen) atoms. The third-order valence-electron chi connectivity index (χ3n) is 12.2. The summed E-state index contributed by atoms with van der Waals surface area (Å²) in [6, 6.07) is 0. The molecule has 3 N–H and O–H groups in total. The van der Waals surface area contributed by atoms with Gasteiger partial charge in [-0.1, -0.05) is 251 Å². The molecule has 0 spiro atoms. The number of phosphoric ester groups is 1. The van der Waals surface area contributed by atoms with E-state index in [1.54, 1.807) is 0 Å². The van der Waals surface area contributed by atoms with E-state index in [4.69, 9.17) is 24.3 Å². The lowest BCUT2D eigenvalue weighted by Gasteiger charge is -2.20.